The number of hydrogen-bond donors (Lipinski definition) is 2. The van der Waals surface area contributed by atoms with Crippen molar-refractivity contribution in [3.8, 4) is 17.2 Å². The second-order valence-corrected chi connectivity index (χ2v) is 5.85. The molecule has 0 atom stereocenters. The Morgan fingerprint density at radius 2 is 1.85 bits per heavy atom. The zero-order chi connectivity index (χ0) is 18.9. The molecular weight excluding hydrogens is 457 g/mol. The molecule has 0 aliphatic carbocycles. The SMILES string of the molecule is CCCOc1cc(C)ccc1CN=C(N)Nc1cc(OC)ccc1OC.I. The van der Waals surface area contributed by atoms with Gasteiger partial charge in [-0.1, -0.05) is 19.1 Å². The molecule has 148 valence electrons. The zero-order valence-corrected chi connectivity index (χ0v) is 18.6. The number of anilines is 1. The fourth-order valence-electron chi connectivity index (χ4n) is 2.40. The van der Waals surface area contributed by atoms with Crippen LogP contribution in [0.5, 0.6) is 17.2 Å². The van der Waals surface area contributed by atoms with Crippen molar-refractivity contribution in [1.29, 1.82) is 0 Å². The number of guanidine groups is 1. The third kappa shape index (κ3) is 6.82. The van der Waals surface area contributed by atoms with Crippen molar-refractivity contribution in [3.63, 3.8) is 0 Å². The largest absolute Gasteiger partial charge is 0.497 e. The summed E-state index contributed by atoms with van der Waals surface area (Å²) in [6.07, 6.45) is 0.954. The van der Waals surface area contributed by atoms with E-state index in [0.717, 1.165) is 23.3 Å². The van der Waals surface area contributed by atoms with Gasteiger partial charge in [-0.05, 0) is 37.1 Å². The third-order valence-corrected chi connectivity index (χ3v) is 3.77. The number of hydrogen-bond acceptors (Lipinski definition) is 4. The van der Waals surface area contributed by atoms with E-state index in [1.807, 2.05) is 43.3 Å². The highest BCUT2D eigenvalue weighted by Crippen LogP contribution is 2.28. The molecule has 0 fully saturated rings. The van der Waals surface area contributed by atoms with E-state index < -0.39 is 0 Å². The van der Waals surface area contributed by atoms with Crippen molar-refractivity contribution in [2.24, 2.45) is 10.7 Å². The van der Waals surface area contributed by atoms with Crippen LogP contribution in [0.3, 0.4) is 0 Å². The number of rotatable bonds is 8. The Hall–Kier alpha value is -2.16. The molecule has 0 amide bonds. The first kappa shape index (κ1) is 22.9. The molecule has 0 radical (unpaired) electrons. The van der Waals surface area contributed by atoms with Gasteiger partial charge in [0, 0.05) is 11.6 Å². The fourth-order valence-corrected chi connectivity index (χ4v) is 2.40. The number of ether oxygens (including phenoxy) is 3. The number of benzene rings is 2. The lowest BCUT2D eigenvalue weighted by Crippen LogP contribution is -2.23. The summed E-state index contributed by atoms with van der Waals surface area (Å²) in [5, 5.41) is 3.06. The van der Waals surface area contributed by atoms with E-state index >= 15 is 0 Å². The van der Waals surface area contributed by atoms with Crippen molar-refractivity contribution < 1.29 is 14.2 Å². The monoisotopic (exact) mass is 485 g/mol. The van der Waals surface area contributed by atoms with E-state index in [9.17, 15) is 0 Å². The van der Waals surface area contributed by atoms with Gasteiger partial charge in [0.15, 0.2) is 5.96 Å². The van der Waals surface area contributed by atoms with E-state index in [1.54, 1.807) is 14.2 Å². The van der Waals surface area contributed by atoms with Crippen LogP contribution in [0.2, 0.25) is 0 Å². The van der Waals surface area contributed by atoms with Crippen molar-refractivity contribution in [3.05, 3.63) is 47.5 Å². The molecule has 2 rings (SSSR count). The maximum absolute atomic E-state index is 6.05. The summed E-state index contributed by atoms with van der Waals surface area (Å²) in [7, 11) is 3.21. The minimum Gasteiger partial charge on any atom is -0.497 e. The highest BCUT2D eigenvalue weighted by atomic mass is 127. The van der Waals surface area contributed by atoms with Crippen LogP contribution in [0.4, 0.5) is 5.69 Å². The van der Waals surface area contributed by atoms with Gasteiger partial charge in [0.05, 0.1) is 33.1 Å². The van der Waals surface area contributed by atoms with Gasteiger partial charge in [-0.3, -0.25) is 0 Å². The molecule has 0 spiro atoms. The average Bonchev–Trinajstić information content (AvgIpc) is 2.65. The van der Waals surface area contributed by atoms with Crippen LogP contribution in [0.15, 0.2) is 41.4 Å². The highest BCUT2D eigenvalue weighted by Gasteiger charge is 2.07. The molecule has 7 heteroatoms. The van der Waals surface area contributed by atoms with Gasteiger partial charge in [-0.2, -0.15) is 0 Å². The second kappa shape index (κ2) is 11.5. The number of nitrogens with zero attached hydrogens (tertiary/aromatic N) is 1. The molecule has 0 aliphatic heterocycles. The van der Waals surface area contributed by atoms with Crippen molar-refractivity contribution in [2.45, 2.75) is 26.8 Å². The maximum Gasteiger partial charge on any atom is 0.193 e. The summed E-state index contributed by atoms with van der Waals surface area (Å²) in [4.78, 5) is 4.43. The van der Waals surface area contributed by atoms with Gasteiger partial charge in [-0.25, -0.2) is 4.99 Å². The van der Waals surface area contributed by atoms with E-state index in [2.05, 4.69) is 17.2 Å². The van der Waals surface area contributed by atoms with Gasteiger partial charge in [0.2, 0.25) is 0 Å². The Labute approximate surface area is 178 Å². The van der Waals surface area contributed by atoms with Gasteiger partial charge in [-0.15, -0.1) is 24.0 Å². The van der Waals surface area contributed by atoms with Crippen molar-refractivity contribution in [1.82, 2.24) is 0 Å². The van der Waals surface area contributed by atoms with Crippen molar-refractivity contribution in [2.75, 3.05) is 26.1 Å². The van der Waals surface area contributed by atoms with E-state index in [-0.39, 0.29) is 24.0 Å². The van der Waals surface area contributed by atoms with Crippen LogP contribution in [0.25, 0.3) is 0 Å². The van der Waals surface area contributed by atoms with Crippen LogP contribution >= 0.6 is 24.0 Å². The topological polar surface area (TPSA) is 78.1 Å². The summed E-state index contributed by atoms with van der Waals surface area (Å²) in [5.41, 5.74) is 8.89. The van der Waals surface area contributed by atoms with Crippen molar-refractivity contribution >= 4 is 35.6 Å². The molecule has 0 heterocycles. The molecule has 0 aliphatic rings. The van der Waals surface area contributed by atoms with Gasteiger partial charge >= 0.3 is 0 Å². The van der Waals surface area contributed by atoms with Crippen LogP contribution in [-0.2, 0) is 6.54 Å². The molecular formula is C20H28IN3O3. The number of methoxy groups -OCH3 is 2. The predicted molar refractivity (Wildman–Crippen MR) is 121 cm³/mol. The quantitative estimate of drug-likeness (QED) is 0.331. The molecule has 2 aromatic rings. The Morgan fingerprint density at radius 3 is 2.52 bits per heavy atom. The third-order valence-electron chi connectivity index (χ3n) is 3.77. The highest BCUT2D eigenvalue weighted by molar-refractivity contribution is 14.0. The normalized spacial score (nSPS) is 10.7. The summed E-state index contributed by atoms with van der Waals surface area (Å²) < 4.78 is 16.4. The van der Waals surface area contributed by atoms with Gasteiger partial charge in [0.1, 0.15) is 17.2 Å². The first-order valence-corrected chi connectivity index (χ1v) is 8.58. The Morgan fingerprint density at radius 1 is 1.07 bits per heavy atom. The lowest BCUT2D eigenvalue weighted by molar-refractivity contribution is 0.314. The fraction of sp³-hybridized carbons (Fsp3) is 0.350. The molecule has 2 aromatic carbocycles. The van der Waals surface area contributed by atoms with Crippen LogP contribution < -0.4 is 25.3 Å². The summed E-state index contributed by atoms with van der Waals surface area (Å²) in [5.74, 6) is 2.50. The average molecular weight is 485 g/mol. The Bertz CT molecular complexity index is 766. The molecule has 27 heavy (non-hydrogen) atoms. The summed E-state index contributed by atoms with van der Waals surface area (Å²) >= 11 is 0. The lowest BCUT2D eigenvalue weighted by Gasteiger charge is -2.13. The number of aryl methyl sites for hydroxylation is 1. The summed E-state index contributed by atoms with van der Waals surface area (Å²) in [6.45, 7) is 5.22. The second-order valence-electron chi connectivity index (χ2n) is 5.85. The number of halogens is 1. The zero-order valence-electron chi connectivity index (χ0n) is 16.2. The van der Waals surface area contributed by atoms with Crippen LogP contribution in [-0.4, -0.2) is 26.8 Å². The van der Waals surface area contributed by atoms with E-state index in [0.29, 0.717) is 36.3 Å². The smallest absolute Gasteiger partial charge is 0.193 e. The molecule has 6 nitrogen and oxygen atoms in total. The molecule has 0 unspecified atom stereocenters. The predicted octanol–water partition coefficient (Wildman–Crippen LogP) is 4.35. The maximum atomic E-state index is 6.05. The number of nitrogens with two attached hydrogens (primary N) is 1. The first-order valence-electron chi connectivity index (χ1n) is 8.58. The molecule has 0 aromatic heterocycles. The Kier molecular flexibility index (Phi) is 9.77. The standard InChI is InChI=1S/C20H27N3O3.HI/c1-5-10-26-19-11-14(2)6-7-15(19)13-22-20(21)23-17-12-16(24-3)8-9-18(17)25-4;/h6-9,11-12H,5,10,13H2,1-4H3,(H3,21,22,23);1H. The van der Waals surface area contributed by atoms with E-state index in [4.69, 9.17) is 19.9 Å². The first-order chi connectivity index (χ1) is 12.6. The van der Waals surface area contributed by atoms with Crippen LogP contribution in [0.1, 0.15) is 24.5 Å². The van der Waals surface area contributed by atoms with Gasteiger partial charge in [0.25, 0.3) is 0 Å². The Balaban J connectivity index is 0.00000364. The molecule has 0 saturated carbocycles. The van der Waals surface area contributed by atoms with E-state index in [1.165, 1.54) is 0 Å². The van der Waals surface area contributed by atoms with Crippen LogP contribution in [0, 0.1) is 6.92 Å². The summed E-state index contributed by atoms with van der Waals surface area (Å²) in [6, 6.07) is 11.5. The minimum atomic E-state index is 0. The number of nitrogens with one attached hydrogen (secondary N) is 1. The molecule has 3 N–H and O–H groups in total. The lowest BCUT2D eigenvalue weighted by atomic mass is 10.1. The molecule has 0 saturated heterocycles. The molecule has 0 bridgehead atoms. The van der Waals surface area contributed by atoms with Gasteiger partial charge < -0.3 is 25.3 Å². The minimum absolute atomic E-state index is 0. The number of aliphatic imine (C=N–C) groups is 1.